The van der Waals surface area contributed by atoms with Crippen LogP contribution in [0, 0.1) is 27.7 Å². The number of furan rings is 2. The van der Waals surface area contributed by atoms with Gasteiger partial charge >= 0.3 is 0 Å². The van der Waals surface area contributed by atoms with Gasteiger partial charge < -0.3 is 18.6 Å². The van der Waals surface area contributed by atoms with Gasteiger partial charge in [0.15, 0.2) is 11.2 Å². The van der Waals surface area contributed by atoms with Crippen molar-refractivity contribution in [3.8, 4) is 66.8 Å². The number of rotatable bonds is 10. The zero-order valence-corrected chi connectivity index (χ0v) is 49.3. The number of hydrogen-bond acceptors (Lipinski definition) is 4. The lowest BCUT2D eigenvalue weighted by atomic mass is 9.65. The maximum Gasteiger partial charge on any atom is 0.159 e. The van der Waals surface area contributed by atoms with Gasteiger partial charge in [-0.2, -0.15) is 0 Å². The fourth-order valence-electron chi connectivity index (χ4n) is 14.5. The minimum absolute atomic E-state index is 0.864. The molecular formula is C84H58N2O2. The van der Waals surface area contributed by atoms with Gasteiger partial charge in [-0.25, -0.2) is 0 Å². The molecule has 16 aromatic rings. The van der Waals surface area contributed by atoms with E-state index in [-0.39, 0.29) is 0 Å². The molecule has 0 amide bonds. The van der Waals surface area contributed by atoms with Crippen LogP contribution in [0.25, 0.3) is 132 Å². The van der Waals surface area contributed by atoms with E-state index in [0.29, 0.717) is 0 Å². The molecule has 0 bridgehead atoms. The summed E-state index contributed by atoms with van der Waals surface area (Å²) in [5.41, 5.74) is 28.8. The summed E-state index contributed by atoms with van der Waals surface area (Å²) in [6.45, 7) is 8.85. The second kappa shape index (κ2) is 20.2. The van der Waals surface area contributed by atoms with Crippen LogP contribution in [0.3, 0.4) is 0 Å². The van der Waals surface area contributed by atoms with E-state index < -0.39 is 0 Å². The molecule has 0 saturated heterocycles. The number of aryl methyl sites for hydroxylation is 4. The highest BCUT2D eigenvalue weighted by atomic mass is 16.3. The molecule has 2 aromatic heterocycles. The Kier molecular flexibility index (Phi) is 11.8. The van der Waals surface area contributed by atoms with Gasteiger partial charge in [0.25, 0.3) is 0 Å². The maximum atomic E-state index is 6.96. The van der Waals surface area contributed by atoms with E-state index in [1.807, 2.05) is 0 Å². The third-order valence-electron chi connectivity index (χ3n) is 18.5. The van der Waals surface area contributed by atoms with Gasteiger partial charge in [-0.05, 0) is 187 Å². The molecule has 0 aliphatic heterocycles. The van der Waals surface area contributed by atoms with E-state index in [4.69, 9.17) is 8.83 Å². The number of nitrogens with zero attached hydrogens (tertiary/aromatic N) is 2. The van der Waals surface area contributed by atoms with E-state index >= 15 is 0 Å². The predicted octanol–water partition coefficient (Wildman–Crippen LogP) is 24.3. The fourth-order valence-corrected chi connectivity index (χ4v) is 14.5. The van der Waals surface area contributed by atoms with Crippen LogP contribution >= 0.6 is 0 Å². The van der Waals surface area contributed by atoms with Crippen LogP contribution in [0.15, 0.2) is 288 Å². The Labute approximate surface area is 511 Å². The van der Waals surface area contributed by atoms with Crippen molar-refractivity contribution < 1.29 is 8.83 Å². The average Bonchev–Trinajstić information content (AvgIpc) is 0.828. The first kappa shape index (κ1) is 51.2. The Bertz CT molecular complexity index is 5130. The molecule has 88 heavy (non-hydrogen) atoms. The van der Waals surface area contributed by atoms with Crippen LogP contribution in [0.4, 0.5) is 34.1 Å². The molecule has 0 radical (unpaired) electrons. The molecule has 4 nitrogen and oxygen atoms in total. The minimum Gasteiger partial charge on any atom is -0.454 e. The molecule has 17 rings (SSSR count). The van der Waals surface area contributed by atoms with Crippen molar-refractivity contribution in [1.29, 1.82) is 0 Å². The normalized spacial score (nSPS) is 11.9. The predicted molar refractivity (Wildman–Crippen MR) is 370 cm³/mol. The SMILES string of the molecule is Cc1ccccc1N(c1ccc2c(-c3ccccc3)c3c(c(-c4ccccc4)c2c1)-c1c-3c(-c2ccccc2)c2cc(N(c3ccccc3C)c3c(C)ccc4c3oc3ccccc34)ccc2c1-c1ccccc1)c1c(C)ccc2c1oc1ccccc12. The molecule has 1 aliphatic carbocycles. The Morgan fingerprint density at radius 1 is 0.227 bits per heavy atom. The topological polar surface area (TPSA) is 32.8 Å². The first-order valence-electron chi connectivity index (χ1n) is 30.4. The molecule has 1 aliphatic rings. The minimum atomic E-state index is 0.864. The fraction of sp³-hybridized carbons (Fsp3) is 0.0476. The Morgan fingerprint density at radius 3 is 0.898 bits per heavy atom. The van der Waals surface area contributed by atoms with Crippen LogP contribution in [0.2, 0.25) is 0 Å². The molecule has 0 atom stereocenters. The summed E-state index contributed by atoms with van der Waals surface area (Å²) in [4.78, 5) is 4.90. The summed E-state index contributed by atoms with van der Waals surface area (Å²) >= 11 is 0. The number of fused-ring (bicyclic) bond motifs is 12. The van der Waals surface area contributed by atoms with Crippen molar-refractivity contribution >= 4 is 99.5 Å². The van der Waals surface area contributed by atoms with Gasteiger partial charge in [0.1, 0.15) is 11.2 Å². The van der Waals surface area contributed by atoms with Gasteiger partial charge in [0.05, 0.1) is 11.4 Å². The third-order valence-corrected chi connectivity index (χ3v) is 18.5. The van der Waals surface area contributed by atoms with E-state index in [0.717, 1.165) is 123 Å². The highest BCUT2D eigenvalue weighted by Crippen LogP contribution is 2.66. The second-order valence-electron chi connectivity index (χ2n) is 23.6. The maximum absolute atomic E-state index is 6.96. The van der Waals surface area contributed by atoms with Crippen molar-refractivity contribution in [3.05, 3.63) is 301 Å². The van der Waals surface area contributed by atoms with Gasteiger partial charge in [-0.15, -0.1) is 0 Å². The van der Waals surface area contributed by atoms with Gasteiger partial charge in [-0.1, -0.05) is 231 Å². The Balaban J connectivity index is 1.01. The second-order valence-corrected chi connectivity index (χ2v) is 23.6. The molecule has 4 heteroatoms. The number of para-hydroxylation sites is 4. The van der Waals surface area contributed by atoms with E-state index in [1.54, 1.807) is 0 Å². The standard InChI is InChI=1S/C84H58N2O2/c1-51-25-17-21-37-69(51)85(81-53(3)41-45-65-61-35-19-23-39-71(61)87-83(65)81)59-43-47-63-67(49-59)75(57-31-13-7-14-32-57)79-77(73(63)55-27-9-5-10-28-55)80-76(58-33-15-8-16-34-58)68-50-60(44-48-64(68)74(78(79)80)56-29-11-6-12-30-56)86(70-38-22-18-26-52(70)2)82-54(4)42-46-66-62-36-20-24-40-72(62)88-84(66)82/h5-50H,1-4H3. The van der Waals surface area contributed by atoms with Crippen LogP contribution in [0.5, 0.6) is 0 Å². The number of anilines is 6. The van der Waals surface area contributed by atoms with Crippen LogP contribution in [-0.4, -0.2) is 0 Å². The van der Waals surface area contributed by atoms with Gasteiger partial charge in [-0.3, -0.25) is 0 Å². The molecule has 2 heterocycles. The van der Waals surface area contributed by atoms with Gasteiger partial charge in [0.2, 0.25) is 0 Å². The molecule has 14 aromatic carbocycles. The molecular weight excluding hydrogens is 1070 g/mol. The number of benzene rings is 14. The molecule has 0 fully saturated rings. The molecule has 0 spiro atoms. The van der Waals surface area contributed by atoms with Crippen LogP contribution < -0.4 is 9.80 Å². The first-order chi connectivity index (χ1) is 43.4. The Morgan fingerprint density at radius 2 is 0.534 bits per heavy atom. The summed E-state index contributed by atoms with van der Waals surface area (Å²) < 4.78 is 13.9. The molecule has 0 N–H and O–H groups in total. The van der Waals surface area contributed by atoms with Crippen molar-refractivity contribution in [3.63, 3.8) is 0 Å². The monoisotopic (exact) mass is 1130 g/mol. The Hall–Kier alpha value is -11.2. The highest BCUT2D eigenvalue weighted by Gasteiger charge is 2.39. The summed E-state index contributed by atoms with van der Waals surface area (Å²) in [7, 11) is 0. The smallest absolute Gasteiger partial charge is 0.159 e. The molecule has 0 saturated carbocycles. The lowest BCUT2D eigenvalue weighted by Crippen LogP contribution is -2.14. The van der Waals surface area contributed by atoms with E-state index in [2.05, 4.69) is 317 Å². The van der Waals surface area contributed by atoms with Crippen molar-refractivity contribution in [2.24, 2.45) is 0 Å². The first-order valence-corrected chi connectivity index (χ1v) is 30.4. The van der Waals surface area contributed by atoms with E-state index in [1.165, 1.54) is 66.1 Å². The quantitative estimate of drug-likeness (QED) is 0.137. The van der Waals surface area contributed by atoms with Gasteiger partial charge in [0, 0.05) is 44.3 Å². The van der Waals surface area contributed by atoms with Crippen molar-refractivity contribution in [2.75, 3.05) is 9.80 Å². The summed E-state index contributed by atoms with van der Waals surface area (Å²) in [5, 5.41) is 9.07. The third kappa shape index (κ3) is 7.78. The lowest BCUT2D eigenvalue weighted by Gasteiger charge is -2.38. The van der Waals surface area contributed by atoms with E-state index in [9.17, 15) is 0 Å². The van der Waals surface area contributed by atoms with Crippen LogP contribution in [0.1, 0.15) is 22.3 Å². The molecule has 416 valence electrons. The summed E-state index contributed by atoms with van der Waals surface area (Å²) in [5.74, 6) is 0. The largest absolute Gasteiger partial charge is 0.454 e. The average molecular weight is 1130 g/mol. The number of hydrogen-bond donors (Lipinski definition) is 0. The summed E-state index contributed by atoms with van der Waals surface area (Å²) in [6.07, 6.45) is 0. The van der Waals surface area contributed by atoms with Crippen molar-refractivity contribution in [2.45, 2.75) is 27.7 Å². The molecule has 0 unspecified atom stereocenters. The van der Waals surface area contributed by atoms with Crippen LogP contribution in [-0.2, 0) is 0 Å². The summed E-state index contributed by atoms with van der Waals surface area (Å²) in [6, 6.07) is 102. The lowest BCUT2D eigenvalue weighted by molar-refractivity contribution is 0.668. The zero-order valence-electron chi connectivity index (χ0n) is 49.3. The van der Waals surface area contributed by atoms with Crippen molar-refractivity contribution in [1.82, 2.24) is 0 Å². The zero-order chi connectivity index (χ0) is 58.7. The highest BCUT2D eigenvalue weighted by molar-refractivity contribution is 6.33.